The van der Waals surface area contributed by atoms with E-state index in [1.165, 1.54) is 0 Å². The molecule has 0 unspecified atom stereocenters. The Kier molecular flexibility index (Phi) is 6.92. The molecule has 0 radical (unpaired) electrons. The zero-order chi connectivity index (χ0) is 23.2. The number of ether oxygens (including phenoxy) is 4. The maximum Gasteiger partial charge on any atom is 0.246 e. The Bertz CT molecular complexity index is 1130. The number of para-hydroxylation sites is 2. The van der Waals surface area contributed by atoms with Gasteiger partial charge in [-0.25, -0.2) is 9.97 Å². The van der Waals surface area contributed by atoms with E-state index in [2.05, 4.69) is 9.97 Å². The number of carbonyl (C=O) groups excluding carboxylic acids is 1. The summed E-state index contributed by atoms with van der Waals surface area (Å²) in [7, 11) is 4.68. The van der Waals surface area contributed by atoms with Crippen molar-refractivity contribution in [2.24, 2.45) is 0 Å². The van der Waals surface area contributed by atoms with Crippen molar-refractivity contribution in [3.63, 3.8) is 0 Å². The first-order valence-corrected chi connectivity index (χ1v) is 10.8. The van der Waals surface area contributed by atoms with E-state index in [1.807, 2.05) is 29.2 Å². The first-order valence-electron chi connectivity index (χ1n) is 10.8. The lowest BCUT2D eigenvalue weighted by Crippen LogP contribution is -2.41. The van der Waals surface area contributed by atoms with Gasteiger partial charge < -0.3 is 23.8 Å². The van der Waals surface area contributed by atoms with Crippen LogP contribution >= 0.6 is 0 Å². The standard InChI is InChI=1S/C25H27N3O5/c1-30-21-14-17(15-22(31-2)25(21)32-3)8-9-24(29)28-12-10-18(11-13-28)33-23-16-26-19-6-4-5-7-20(19)27-23/h4-9,14-16,18H,10-13H2,1-3H3/b9-8+. The molecule has 1 aliphatic rings. The molecular formula is C25H27N3O5. The van der Waals surface area contributed by atoms with Gasteiger partial charge in [0, 0.05) is 32.0 Å². The van der Waals surface area contributed by atoms with Crippen LogP contribution in [0.1, 0.15) is 18.4 Å². The van der Waals surface area contributed by atoms with Crippen LogP contribution in [0, 0.1) is 0 Å². The van der Waals surface area contributed by atoms with Gasteiger partial charge >= 0.3 is 0 Å². The molecule has 0 atom stereocenters. The van der Waals surface area contributed by atoms with Crippen LogP contribution in [0.3, 0.4) is 0 Å². The molecule has 2 aromatic carbocycles. The fraction of sp³-hybridized carbons (Fsp3) is 0.320. The molecule has 0 N–H and O–H groups in total. The monoisotopic (exact) mass is 449 g/mol. The number of aromatic nitrogens is 2. The molecule has 1 fully saturated rings. The number of fused-ring (bicyclic) bond motifs is 1. The van der Waals surface area contributed by atoms with Gasteiger partial charge in [0.25, 0.3) is 0 Å². The summed E-state index contributed by atoms with van der Waals surface area (Å²) in [6, 6.07) is 11.3. The highest BCUT2D eigenvalue weighted by molar-refractivity contribution is 5.92. The highest BCUT2D eigenvalue weighted by atomic mass is 16.5. The minimum absolute atomic E-state index is 0.00334. The average Bonchev–Trinajstić information content (AvgIpc) is 2.86. The maximum atomic E-state index is 12.7. The molecular weight excluding hydrogens is 422 g/mol. The van der Waals surface area contributed by atoms with Crippen LogP contribution in [0.5, 0.6) is 23.1 Å². The number of benzene rings is 2. The number of likely N-dealkylation sites (tertiary alicyclic amines) is 1. The van der Waals surface area contributed by atoms with Gasteiger partial charge in [0.05, 0.1) is 38.6 Å². The Labute approximate surface area is 192 Å². The molecule has 8 nitrogen and oxygen atoms in total. The number of hydrogen-bond donors (Lipinski definition) is 0. The van der Waals surface area contributed by atoms with Crippen molar-refractivity contribution in [1.82, 2.24) is 14.9 Å². The van der Waals surface area contributed by atoms with E-state index in [0.29, 0.717) is 36.2 Å². The Balaban J connectivity index is 1.35. The number of methoxy groups -OCH3 is 3. The predicted molar refractivity (Wildman–Crippen MR) is 125 cm³/mol. The average molecular weight is 450 g/mol. The van der Waals surface area contributed by atoms with Crippen molar-refractivity contribution < 1.29 is 23.7 Å². The quantitative estimate of drug-likeness (QED) is 0.508. The van der Waals surface area contributed by atoms with Gasteiger partial charge in [-0.3, -0.25) is 4.79 Å². The second-order valence-electron chi connectivity index (χ2n) is 7.63. The summed E-state index contributed by atoms with van der Waals surface area (Å²) in [4.78, 5) is 23.4. The highest BCUT2D eigenvalue weighted by Gasteiger charge is 2.23. The van der Waals surface area contributed by atoms with Crippen LogP contribution in [-0.4, -0.2) is 61.3 Å². The Morgan fingerprint density at radius 2 is 1.67 bits per heavy atom. The topological polar surface area (TPSA) is 83.0 Å². The molecule has 3 aromatic rings. The van der Waals surface area contributed by atoms with Crippen LogP contribution in [0.2, 0.25) is 0 Å². The second-order valence-corrected chi connectivity index (χ2v) is 7.63. The number of piperidine rings is 1. The fourth-order valence-electron chi connectivity index (χ4n) is 3.83. The van der Waals surface area contributed by atoms with Crippen molar-refractivity contribution >= 4 is 23.0 Å². The van der Waals surface area contributed by atoms with E-state index in [-0.39, 0.29) is 12.0 Å². The van der Waals surface area contributed by atoms with E-state index in [9.17, 15) is 4.79 Å². The zero-order valence-corrected chi connectivity index (χ0v) is 19.0. The minimum atomic E-state index is -0.0484. The zero-order valence-electron chi connectivity index (χ0n) is 19.0. The first kappa shape index (κ1) is 22.4. The summed E-state index contributed by atoms with van der Waals surface area (Å²) in [5, 5.41) is 0. The second kappa shape index (κ2) is 10.2. The van der Waals surface area contributed by atoms with E-state index < -0.39 is 0 Å². The third-order valence-corrected chi connectivity index (χ3v) is 5.57. The van der Waals surface area contributed by atoms with Gasteiger partial charge in [-0.05, 0) is 35.9 Å². The van der Waals surface area contributed by atoms with Crippen LogP contribution in [0.4, 0.5) is 0 Å². The van der Waals surface area contributed by atoms with Crippen LogP contribution in [0.15, 0.2) is 48.7 Å². The summed E-state index contributed by atoms with van der Waals surface area (Å²) in [5.74, 6) is 2.06. The van der Waals surface area contributed by atoms with Gasteiger partial charge in [-0.15, -0.1) is 0 Å². The molecule has 172 valence electrons. The van der Waals surface area contributed by atoms with E-state index in [1.54, 1.807) is 51.8 Å². The van der Waals surface area contributed by atoms with Crippen molar-refractivity contribution in [3.8, 4) is 23.1 Å². The largest absolute Gasteiger partial charge is 0.493 e. The Morgan fingerprint density at radius 1 is 1.00 bits per heavy atom. The minimum Gasteiger partial charge on any atom is -0.493 e. The first-order chi connectivity index (χ1) is 16.1. The van der Waals surface area contributed by atoms with Crippen molar-refractivity contribution in [2.75, 3.05) is 34.4 Å². The van der Waals surface area contributed by atoms with Crippen molar-refractivity contribution in [1.29, 1.82) is 0 Å². The summed E-state index contributed by atoms with van der Waals surface area (Å²) in [6.45, 7) is 1.23. The molecule has 8 heteroatoms. The van der Waals surface area contributed by atoms with E-state index >= 15 is 0 Å². The van der Waals surface area contributed by atoms with Crippen molar-refractivity contribution in [3.05, 3.63) is 54.2 Å². The lowest BCUT2D eigenvalue weighted by atomic mass is 10.1. The maximum absolute atomic E-state index is 12.7. The normalized spacial score (nSPS) is 14.5. The number of hydrogen-bond acceptors (Lipinski definition) is 7. The van der Waals surface area contributed by atoms with Crippen molar-refractivity contribution in [2.45, 2.75) is 18.9 Å². The van der Waals surface area contributed by atoms with E-state index in [4.69, 9.17) is 18.9 Å². The predicted octanol–water partition coefficient (Wildman–Crippen LogP) is 3.74. The molecule has 2 heterocycles. The van der Waals surface area contributed by atoms with Crippen LogP contribution in [-0.2, 0) is 4.79 Å². The molecule has 1 aromatic heterocycles. The molecule has 1 amide bonds. The molecule has 0 bridgehead atoms. The SMILES string of the molecule is COc1cc(/C=C/C(=O)N2CCC(Oc3cnc4ccccc4n3)CC2)cc(OC)c1OC. The number of nitrogens with zero attached hydrogens (tertiary/aromatic N) is 3. The molecule has 1 saturated heterocycles. The van der Waals surface area contributed by atoms with Gasteiger partial charge in [0.2, 0.25) is 17.5 Å². The van der Waals surface area contributed by atoms with Crippen LogP contribution in [0.25, 0.3) is 17.1 Å². The van der Waals surface area contributed by atoms with Crippen LogP contribution < -0.4 is 18.9 Å². The van der Waals surface area contributed by atoms with Gasteiger partial charge in [0.15, 0.2) is 11.5 Å². The molecule has 0 aliphatic carbocycles. The summed E-state index contributed by atoms with van der Waals surface area (Å²) < 4.78 is 22.1. The lowest BCUT2D eigenvalue weighted by Gasteiger charge is -2.31. The summed E-state index contributed by atoms with van der Waals surface area (Å²) in [6.07, 6.45) is 6.44. The molecule has 4 rings (SSSR count). The molecule has 1 aliphatic heterocycles. The molecule has 0 spiro atoms. The summed E-state index contributed by atoms with van der Waals surface area (Å²) in [5.41, 5.74) is 2.43. The molecule has 33 heavy (non-hydrogen) atoms. The fourth-order valence-corrected chi connectivity index (χ4v) is 3.83. The third kappa shape index (κ3) is 5.16. The lowest BCUT2D eigenvalue weighted by molar-refractivity contribution is -0.127. The summed E-state index contributed by atoms with van der Waals surface area (Å²) >= 11 is 0. The third-order valence-electron chi connectivity index (χ3n) is 5.57. The number of carbonyl (C=O) groups is 1. The van der Waals surface area contributed by atoms with Gasteiger partial charge in [-0.1, -0.05) is 12.1 Å². The smallest absolute Gasteiger partial charge is 0.246 e. The Hall–Kier alpha value is -3.81. The number of amides is 1. The van der Waals surface area contributed by atoms with E-state index in [0.717, 1.165) is 29.4 Å². The highest BCUT2D eigenvalue weighted by Crippen LogP contribution is 2.38. The molecule has 0 saturated carbocycles. The Morgan fingerprint density at radius 3 is 2.30 bits per heavy atom. The van der Waals surface area contributed by atoms with Gasteiger partial charge in [-0.2, -0.15) is 0 Å². The number of rotatable bonds is 7. The van der Waals surface area contributed by atoms with Gasteiger partial charge in [0.1, 0.15) is 6.10 Å².